The average Bonchev–Trinajstić information content (AvgIpc) is 2.29. The minimum Gasteiger partial charge on any atom is -0.338 e. The van der Waals surface area contributed by atoms with E-state index in [0.717, 1.165) is 16.5 Å². The van der Waals surface area contributed by atoms with Gasteiger partial charge in [0.1, 0.15) is 0 Å². The summed E-state index contributed by atoms with van der Waals surface area (Å²) >= 11 is 3.39. The normalized spacial score (nSPS) is 11.6. The number of benzene rings is 1. The molecule has 1 atom stereocenters. The zero-order valence-electron chi connectivity index (χ0n) is 9.38. The van der Waals surface area contributed by atoms with Gasteiger partial charge in [-0.25, -0.2) is 0 Å². The summed E-state index contributed by atoms with van der Waals surface area (Å²) < 4.78 is 0.925. The maximum Gasteiger partial charge on any atom is 0.252 e. The van der Waals surface area contributed by atoms with Gasteiger partial charge >= 0.3 is 0 Å². The van der Waals surface area contributed by atoms with Crippen LogP contribution >= 0.6 is 15.9 Å². The minimum absolute atomic E-state index is 0.134. The lowest BCUT2D eigenvalue weighted by Crippen LogP contribution is -2.33. The van der Waals surface area contributed by atoms with E-state index in [-0.39, 0.29) is 11.9 Å². The van der Waals surface area contributed by atoms with Crippen LogP contribution in [-0.2, 0) is 0 Å². The highest BCUT2D eigenvalue weighted by Gasteiger charge is 2.10. The van der Waals surface area contributed by atoms with Crippen molar-refractivity contribution < 1.29 is 4.79 Å². The summed E-state index contributed by atoms with van der Waals surface area (Å²) in [4.78, 5) is 11.8. The van der Waals surface area contributed by atoms with Crippen LogP contribution in [0.4, 0.5) is 0 Å². The molecule has 0 bridgehead atoms. The molecule has 84 valence electrons. The number of terminal acetylenes is 1. The van der Waals surface area contributed by atoms with Crippen molar-refractivity contribution in [3.63, 3.8) is 0 Å². The first-order valence-electron chi connectivity index (χ1n) is 5.11. The van der Waals surface area contributed by atoms with Crippen molar-refractivity contribution in [1.29, 1.82) is 0 Å². The lowest BCUT2D eigenvalue weighted by Gasteiger charge is -2.11. The molecule has 0 aliphatic carbocycles. The molecule has 0 aliphatic rings. The van der Waals surface area contributed by atoms with Gasteiger partial charge in [-0.1, -0.05) is 34.8 Å². The van der Waals surface area contributed by atoms with Crippen LogP contribution in [0.25, 0.3) is 0 Å². The molecule has 1 unspecified atom stereocenters. The van der Waals surface area contributed by atoms with E-state index >= 15 is 0 Å². The Labute approximate surface area is 105 Å². The zero-order chi connectivity index (χ0) is 12.1. The number of carbonyl (C=O) groups is 1. The molecule has 0 heterocycles. The van der Waals surface area contributed by atoms with Crippen LogP contribution in [-0.4, -0.2) is 11.9 Å². The molecule has 2 nitrogen and oxygen atoms in total. The molecule has 1 aromatic rings. The summed E-state index contributed by atoms with van der Waals surface area (Å²) in [5, 5.41) is 2.78. The average molecular weight is 280 g/mol. The fourth-order valence-electron chi connectivity index (χ4n) is 1.24. The van der Waals surface area contributed by atoms with Crippen molar-refractivity contribution in [3.05, 3.63) is 33.8 Å². The van der Waals surface area contributed by atoms with Gasteiger partial charge in [-0.05, 0) is 31.0 Å². The first-order valence-corrected chi connectivity index (χ1v) is 5.91. The lowest BCUT2D eigenvalue weighted by molar-refractivity contribution is 0.0945. The summed E-state index contributed by atoms with van der Waals surface area (Å²) in [6.45, 7) is 3.91. The van der Waals surface area contributed by atoms with Crippen LogP contribution in [0.15, 0.2) is 22.7 Å². The number of halogens is 1. The topological polar surface area (TPSA) is 29.1 Å². The van der Waals surface area contributed by atoms with Crippen molar-refractivity contribution in [2.24, 2.45) is 0 Å². The van der Waals surface area contributed by atoms with E-state index in [1.807, 2.05) is 19.9 Å². The van der Waals surface area contributed by atoms with Crippen molar-refractivity contribution in [2.45, 2.75) is 26.3 Å². The molecule has 0 fully saturated rings. The minimum atomic E-state index is -0.201. The van der Waals surface area contributed by atoms with Crippen molar-refractivity contribution in [3.8, 4) is 12.3 Å². The van der Waals surface area contributed by atoms with Crippen LogP contribution in [0.3, 0.4) is 0 Å². The Morgan fingerprint density at radius 2 is 2.31 bits per heavy atom. The van der Waals surface area contributed by atoms with Crippen molar-refractivity contribution in [1.82, 2.24) is 5.32 Å². The van der Waals surface area contributed by atoms with Gasteiger partial charge in [0.25, 0.3) is 5.91 Å². The molecule has 0 spiro atoms. The second-order valence-electron chi connectivity index (χ2n) is 3.56. The summed E-state index contributed by atoms with van der Waals surface area (Å²) in [6, 6.07) is 5.29. The summed E-state index contributed by atoms with van der Waals surface area (Å²) in [5.41, 5.74) is 1.71. The van der Waals surface area contributed by atoms with Gasteiger partial charge < -0.3 is 5.32 Å². The Morgan fingerprint density at radius 3 is 2.81 bits per heavy atom. The summed E-state index contributed by atoms with van der Waals surface area (Å²) in [5.74, 6) is 2.40. The maximum absolute atomic E-state index is 11.8. The largest absolute Gasteiger partial charge is 0.338 e. The highest BCUT2D eigenvalue weighted by atomic mass is 79.9. The van der Waals surface area contributed by atoms with Crippen LogP contribution in [0.2, 0.25) is 0 Å². The molecule has 0 aliphatic heterocycles. The fraction of sp³-hybridized carbons (Fsp3) is 0.308. The lowest BCUT2D eigenvalue weighted by atomic mass is 10.1. The van der Waals surface area contributed by atoms with Crippen LogP contribution in [0.5, 0.6) is 0 Å². The molecule has 0 saturated carbocycles. The van der Waals surface area contributed by atoms with Crippen LogP contribution in [0, 0.1) is 19.3 Å². The first-order chi connectivity index (χ1) is 7.58. The fourth-order valence-corrected chi connectivity index (χ4v) is 1.62. The Hall–Kier alpha value is -1.27. The van der Waals surface area contributed by atoms with Crippen LogP contribution < -0.4 is 5.32 Å². The molecule has 1 amide bonds. The third-order valence-electron chi connectivity index (χ3n) is 2.35. The number of hydrogen-bond acceptors (Lipinski definition) is 1. The number of carbonyl (C=O) groups excluding carboxylic acids is 1. The molecule has 1 rings (SSSR count). The van der Waals surface area contributed by atoms with Gasteiger partial charge in [0.05, 0.1) is 6.04 Å². The standard InChI is InChI=1S/C13H14BrNO/c1-4-11(5-2)15-13(16)10-7-6-9(3)12(14)8-10/h1,6-8,11H,5H2,2-3H3,(H,15,16). The smallest absolute Gasteiger partial charge is 0.252 e. The van der Waals surface area contributed by atoms with E-state index in [0.29, 0.717) is 5.56 Å². The van der Waals surface area contributed by atoms with Gasteiger partial charge in [0.2, 0.25) is 0 Å². The zero-order valence-corrected chi connectivity index (χ0v) is 11.0. The Bertz CT molecular complexity index is 434. The molecule has 0 aromatic heterocycles. The third kappa shape index (κ3) is 3.11. The second kappa shape index (κ2) is 5.72. The summed E-state index contributed by atoms with van der Waals surface area (Å²) in [7, 11) is 0. The van der Waals surface area contributed by atoms with Gasteiger partial charge in [-0.3, -0.25) is 4.79 Å². The Kier molecular flexibility index (Phi) is 4.57. The highest BCUT2D eigenvalue weighted by Crippen LogP contribution is 2.17. The Balaban J connectivity index is 2.81. The molecule has 16 heavy (non-hydrogen) atoms. The quantitative estimate of drug-likeness (QED) is 0.847. The molecule has 1 N–H and O–H groups in total. The van der Waals surface area contributed by atoms with Crippen molar-refractivity contribution >= 4 is 21.8 Å². The second-order valence-corrected chi connectivity index (χ2v) is 4.42. The Morgan fingerprint density at radius 1 is 1.62 bits per heavy atom. The van der Waals surface area contributed by atoms with Crippen LogP contribution in [0.1, 0.15) is 29.3 Å². The SMILES string of the molecule is C#CC(CC)NC(=O)c1ccc(C)c(Br)c1. The van der Waals surface area contributed by atoms with E-state index in [4.69, 9.17) is 6.42 Å². The van der Waals surface area contributed by atoms with E-state index in [2.05, 4.69) is 27.2 Å². The van der Waals surface area contributed by atoms with Gasteiger partial charge in [0, 0.05) is 10.0 Å². The van der Waals surface area contributed by atoms with Gasteiger partial charge in [-0.15, -0.1) is 6.42 Å². The first kappa shape index (κ1) is 12.8. The number of rotatable bonds is 3. The number of nitrogens with one attached hydrogen (secondary N) is 1. The molecule has 3 heteroatoms. The van der Waals surface area contributed by atoms with E-state index in [1.54, 1.807) is 12.1 Å². The van der Waals surface area contributed by atoms with Crippen molar-refractivity contribution in [2.75, 3.05) is 0 Å². The third-order valence-corrected chi connectivity index (χ3v) is 3.20. The maximum atomic E-state index is 11.8. The highest BCUT2D eigenvalue weighted by molar-refractivity contribution is 9.10. The van der Waals surface area contributed by atoms with E-state index in [9.17, 15) is 4.79 Å². The predicted octanol–water partition coefficient (Wildman–Crippen LogP) is 2.90. The van der Waals surface area contributed by atoms with Gasteiger partial charge in [0.15, 0.2) is 0 Å². The molecule has 1 aromatic carbocycles. The molecular formula is C13H14BrNO. The van der Waals surface area contributed by atoms with E-state index < -0.39 is 0 Å². The number of aryl methyl sites for hydroxylation is 1. The van der Waals surface area contributed by atoms with Gasteiger partial charge in [-0.2, -0.15) is 0 Å². The number of amides is 1. The summed E-state index contributed by atoms with van der Waals surface area (Å²) in [6.07, 6.45) is 6.02. The molecule has 0 radical (unpaired) electrons. The monoisotopic (exact) mass is 279 g/mol. The molecular weight excluding hydrogens is 266 g/mol. The predicted molar refractivity (Wildman–Crippen MR) is 69.3 cm³/mol. The molecule has 0 saturated heterocycles. The van der Waals surface area contributed by atoms with E-state index in [1.165, 1.54) is 0 Å². The number of hydrogen-bond donors (Lipinski definition) is 1.